The molecule has 1 aliphatic rings. The first kappa shape index (κ1) is 23.3. The van der Waals surface area contributed by atoms with Gasteiger partial charge in [0, 0.05) is 0 Å². The van der Waals surface area contributed by atoms with E-state index in [0.717, 1.165) is 22.3 Å². The molecule has 0 bridgehead atoms. The van der Waals surface area contributed by atoms with Gasteiger partial charge in [0.2, 0.25) is 0 Å². The number of hydrogen-bond donors (Lipinski definition) is 0. The lowest BCUT2D eigenvalue weighted by Crippen LogP contribution is -2.40. The summed E-state index contributed by atoms with van der Waals surface area (Å²) in [6.45, 7) is 5.27. The molecule has 0 fully saturated rings. The Hall–Kier alpha value is -3.41. The van der Waals surface area contributed by atoms with Crippen molar-refractivity contribution >= 4 is 23.5 Å². The predicted octanol–water partition coefficient (Wildman–Crippen LogP) is 3.97. The van der Waals surface area contributed by atoms with E-state index in [1.165, 1.54) is 0 Å². The van der Waals surface area contributed by atoms with E-state index in [1.54, 1.807) is 20.8 Å². The highest BCUT2D eigenvalue weighted by Gasteiger charge is 2.47. The molecule has 1 aliphatic carbocycles. The van der Waals surface area contributed by atoms with E-state index in [2.05, 4.69) is 0 Å². The minimum atomic E-state index is -1.45. The first-order chi connectivity index (χ1) is 15.5. The van der Waals surface area contributed by atoms with E-state index < -0.39 is 29.7 Å². The van der Waals surface area contributed by atoms with Crippen LogP contribution in [0, 0.1) is 11.8 Å². The summed E-state index contributed by atoms with van der Waals surface area (Å²) in [6.07, 6.45) is 0.416. The fraction of sp³-hybridized carbons (Fsp3) is 0.346. The molecule has 168 valence electrons. The summed E-state index contributed by atoms with van der Waals surface area (Å²) in [6, 6.07) is 17.5. The van der Waals surface area contributed by atoms with Gasteiger partial charge in [-0.25, -0.2) is 0 Å². The number of benzene rings is 2. The largest absolute Gasteiger partial charge is 0.465 e. The monoisotopic (exact) mass is 436 g/mol. The highest BCUT2D eigenvalue weighted by Crippen LogP contribution is 2.43. The van der Waals surface area contributed by atoms with Gasteiger partial charge in [-0.15, -0.1) is 0 Å². The molecule has 0 saturated carbocycles. The number of rotatable bonds is 9. The minimum Gasteiger partial charge on any atom is -0.465 e. The van der Waals surface area contributed by atoms with Crippen LogP contribution in [-0.4, -0.2) is 37.7 Å². The molecule has 2 aromatic rings. The third-order valence-electron chi connectivity index (χ3n) is 5.38. The second-order valence-corrected chi connectivity index (χ2v) is 7.31. The maximum absolute atomic E-state index is 13.2. The maximum atomic E-state index is 13.2. The zero-order chi connectivity index (χ0) is 23.1. The standard InChI is InChI=1S/C26H28O6/c1-4-30-24(27)22(23(25(28)31-5-2)26(29)32-6-3)20-16-18-14-10-11-15-19(18)21(20)17-12-8-7-9-13-17/h7-15,22-23H,4-6,16H2,1-3H3. The zero-order valence-electron chi connectivity index (χ0n) is 18.6. The van der Waals surface area contributed by atoms with Crippen LogP contribution in [0.5, 0.6) is 0 Å². The quantitative estimate of drug-likeness (QED) is 0.336. The Kier molecular flexibility index (Phi) is 7.82. The highest BCUT2D eigenvalue weighted by atomic mass is 16.6. The first-order valence-electron chi connectivity index (χ1n) is 10.9. The average Bonchev–Trinajstić information content (AvgIpc) is 3.17. The Balaban J connectivity index is 2.23. The Morgan fingerprint density at radius 1 is 0.750 bits per heavy atom. The smallest absolute Gasteiger partial charge is 0.321 e. The molecule has 0 heterocycles. The summed E-state index contributed by atoms with van der Waals surface area (Å²) in [5.74, 6) is -4.83. The van der Waals surface area contributed by atoms with Crippen LogP contribution in [0.3, 0.4) is 0 Å². The normalized spacial score (nSPS) is 13.5. The summed E-state index contributed by atoms with van der Waals surface area (Å²) >= 11 is 0. The molecule has 6 heteroatoms. The summed E-state index contributed by atoms with van der Waals surface area (Å²) in [7, 11) is 0. The van der Waals surface area contributed by atoms with E-state index >= 15 is 0 Å². The fourth-order valence-corrected chi connectivity index (χ4v) is 4.14. The van der Waals surface area contributed by atoms with Crippen molar-refractivity contribution in [2.45, 2.75) is 27.2 Å². The van der Waals surface area contributed by atoms with Crippen molar-refractivity contribution in [2.24, 2.45) is 11.8 Å². The van der Waals surface area contributed by atoms with Gasteiger partial charge in [-0.05, 0) is 55.0 Å². The van der Waals surface area contributed by atoms with Gasteiger partial charge < -0.3 is 14.2 Å². The molecule has 32 heavy (non-hydrogen) atoms. The zero-order valence-corrected chi connectivity index (χ0v) is 18.6. The van der Waals surface area contributed by atoms with Crippen LogP contribution in [-0.2, 0) is 35.0 Å². The van der Waals surface area contributed by atoms with Crippen molar-refractivity contribution in [1.82, 2.24) is 0 Å². The van der Waals surface area contributed by atoms with Gasteiger partial charge in [0.25, 0.3) is 0 Å². The van der Waals surface area contributed by atoms with Gasteiger partial charge in [0.1, 0.15) is 5.92 Å². The van der Waals surface area contributed by atoms with Crippen molar-refractivity contribution in [3.63, 3.8) is 0 Å². The van der Waals surface area contributed by atoms with E-state index in [-0.39, 0.29) is 19.8 Å². The molecule has 2 aromatic carbocycles. The number of fused-ring (bicyclic) bond motifs is 1. The Morgan fingerprint density at radius 2 is 1.28 bits per heavy atom. The third-order valence-corrected chi connectivity index (χ3v) is 5.38. The lowest BCUT2D eigenvalue weighted by Gasteiger charge is -2.25. The van der Waals surface area contributed by atoms with Crippen molar-refractivity contribution in [3.8, 4) is 0 Å². The summed E-state index contributed by atoms with van der Waals surface area (Å²) in [5.41, 5.74) is 4.37. The summed E-state index contributed by atoms with van der Waals surface area (Å²) < 4.78 is 15.7. The van der Waals surface area contributed by atoms with Gasteiger partial charge in [-0.2, -0.15) is 0 Å². The topological polar surface area (TPSA) is 78.9 Å². The third kappa shape index (κ3) is 4.74. The van der Waals surface area contributed by atoms with Crippen LogP contribution >= 0.6 is 0 Å². The van der Waals surface area contributed by atoms with Crippen LogP contribution in [0.4, 0.5) is 0 Å². The van der Waals surface area contributed by atoms with Crippen LogP contribution < -0.4 is 0 Å². The molecule has 6 nitrogen and oxygen atoms in total. The van der Waals surface area contributed by atoms with Crippen LogP contribution in [0.1, 0.15) is 37.5 Å². The highest BCUT2D eigenvalue weighted by molar-refractivity contribution is 6.02. The second kappa shape index (κ2) is 10.8. The number of carbonyl (C=O) groups excluding carboxylic acids is 3. The number of esters is 3. The van der Waals surface area contributed by atoms with Crippen LogP contribution in [0.25, 0.3) is 5.57 Å². The van der Waals surface area contributed by atoms with Crippen molar-refractivity contribution in [1.29, 1.82) is 0 Å². The van der Waals surface area contributed by atoms with Crippen molar-refractivity contribution in [2.75, 3.05) is 19.8 Å². The van der Waals surface area contributed by atoms with Crippen LogP contribution in [0.15, 0.2) is 60.2 Å². The summed E-state index contributed by atoms with van der Waals surface area (Å²) in [5, 5.41) is 0. The van der Waals surface area contributed by atoms with Crippen molar-refractivity contribution in [3.05, 3.63) is 76.9 Å². The molecule has 1 atom stereocenters. The van der Waals surface area contributed by atoms with E-state index in [1.807, 2.05) is 54.6 Å². The molecule has 0 aromatic heterocycles. The Morgan fingerprint density at radius 3 is 1.88 bits per heavy atom. The molecule has 0 N–H and O–H groups in total. The van der Waals surface area contributed by atoms with Crippen LogP contribution in [0.2, 0.25) is 0 Å². The van der Waals surface area contributed by atoms with Gasteiger partial charge >= 0.3 is 17.9 Å². The molecule has 0 aliphatic heterocycles. The van der Waals surface area contributed by atoms with Gasteiger partial charge in [-0.3, -0.25) is 14.4 Å². The Labute approximate surface area is 188 Å². The predicted molar refractivity (Wildman–Crippen MR) is 119 cm³/mol. The van der Waals surface area contributed by atoms with Gasteiger partial charge in [0.15, 0.2) is 5.92 Å². The molecule has 0 spiro atoms. The molecule has 0 amide bonds. The van der Waals surface area contributed by atoms with E-state index in [0.29, 0.717) is 12.0 Å². The lowest BCUT2D eigenvalue weighted by molar-refractivity contribution is -0.170. The van der Waals surface area contributed by atoms with E-state index in [9.17, 15) is 14.4 Å². The van der Waals surface area contributed by atoms with E-state index in [4.69, 9.17) is 14.2 Å². The fourth-order valence-electron chi connectivity index (χ4n) is 4.14. The van der Waals surface area contributed by atoms with Gasteiger partial charge in [-0.1, -0.05) is 54.6 Å². The molecule has 0 radical (unpaired) electrons. The second-order valence-electron chi connectivity index (χ2n) is 7.31. The first-order valence-corrected chi connectivity index (χ1v) is 10.9. The number of hydrogen-bond acceptors (Lipinski definition) is 6. The SMILES string of the molecule is CCOC(=O)C(C(=O)OCC)C(C(=O)OCC)C1=C(c2ccccc2)c2ccccc2C1. The van der Waals surface area contributed by atoms with Gasteiger partial charge in [0.05, 0.1) is 19.8 Å². The minimum absolute atomic E-state index is 0.0785. The number of ether oxygens (including phenoxy) is 3. The molecular weight excluding hydrogens is 408 g/mol. The molecule has 1 unspecified atom stereocenters. The number of carbonyl (C=O) groups is 3. The maximum Gasteiger partial charge on any atom is 0.321 e. The molecule has 0 saturated heterocycles. The average molecular weight is 437 g/mol. The molecular formula is C26H28O6. The molecule has 3 rings (SSSR count). The lowest BCUT2D eigenvalue weighted by atomic mass is 9.81. The summed E-state index contributed by atoms with van der Waals surface area (Å²) in [4.78, 5) is 39.1. The Bertz CT molecular complexity index is 990. The van der Waals surface area contributed by atoms with Crippen molar-refractivity contribution < 1.29 is 28.6 Å².